The first-order chi connectivity index (χ1) is 6.70. The average molecular weight is 198 g/mol. The Morgan fingerprint density at radius 2 is 2.36 bits per heavy atom. The van der Waals surface area contributed by atoms with Crippen LogP contribution >= 0.6 is 0 Å². The lowest BCUT2D eigenvalue weighted by molar-refractivity contribution is -0.132. The first-order valence-corrected chi connectivity index (χ1v) is 5.38. The van der Waals surface area contributed by atoms with Gasteiger partial charge in [0.25, 0.3) is 0 Å². The molecule has 2 fully saturated rings. The fourth-order valence-electron chi connectivity index (χ4n) is 2.31. The molecule has 0 spiro atoms. The van der Waals surface area contributed by atoms with Gasteiger partial charge in [0.1, 0.15) is 0 Å². The van der Waals surface area contributed by atoms with Crippen LogP contribution in [-0.4, -0.2) is 42.1 Å². The summed E-state index contributed by atoms with van der Waals surface area (Å²) in [6, 6.07) is -0.0857. The van der Waals surface area contributed by atoms with Gasteiger partial charge in [-0.2, -0.15) is 0 Å². The Labute approximate surface area is 84.4 Å². The van der Waals surface area contributed by atoms with Crippen LogP contribution in [0.3, 0.4) is 0 Å². The van der Waals surface area contributed by atoms with E-state index in [0.29, 0.717) is 0 Å². The highest BCUT2D eigenvalue weighted by atomic mass is 16.5. The second kappa shape index (κ2) is 3.87. The molecule has 80 valence electrons. The van der Waals surface area contributed by atoms with Crippen LogP contribution in [-0.2, 0) is 9.53 Å². The van der Waals surface area contributed by atoms with Crippen molar-refractivity contribution < 1.29 is 9.53 Å². The van der Waals surface area contributed by atoms with E-state index >= 15 is 0 Å². The van der Waals surface area contributed by atoms with Crippen LogP contribution in [0.4, 0.5) is 0 Å². The van der Waals surface area contributed by atoms with Crippen molar-refractivity contribution in [2.24, 2.45) is 5.73 Å². The summed E-state index contributed by atoms with van der Waals surface area (Å²) in [5, 5.41) is 0. The zero-order chi connectivity index (χ0) is 10.1. The summed E-state index contributed by atoms with van der Waals surface area (Å²) >= 11 is 0. The summed E-state index contributed by atoms with van der Waals surface area (Å²) in [5.74, 6) is 0.0907. The molecule has 4 nitrogen and oxygen atoms in total. The molecule has 0 aromatic carbocycles. The normalized spacial score (nSPS) is 35.3. The fourth-order valence-corrected chi connectivity index (χ4v) is 2.31. The number of hydrogen-bond donors (Lipinski definition) is 1. The minimum Gasteiger partial charge on any atom is -0.376 e. The Morgan fingerprint density at radius 1 is 1.57 bits per heavy atom. The van der Waals surface area contributed by atoms with Gasteiger partial charge in [-0.25, -0.2) is 0 Å². The zero-order valence-electron chi connectivity index (χ0n) is 8.61. The lowest BCUT2D eigenvalue weighted by Gasteiger charge is -2.28. The van der Waals surface area contributed by atoms with Crippen LogP contribution in [0.25, 0.3) is 0 Å². The van der Waals surface area contributed by atoms with Gasteiger partial charge in [-0.3, -0.25) is 4.79 Å². The molecular formula is C10H18N2O2. The number of ether oxygens (including phenoxy) is 1. The molecule has 3 unspecified atom stereocenters. The molecule has 2 rings (SSSR count). The highest BCUT2D eigenvalue weighted by Crippen LogP contribution is 2.22. The Balaban J connectivity index is 1.97. The number of carbonyl (C=O) groups is 1. The van der Waals surface area contributed by atoms with Gasteiger partial charge in [-0.1, -0.05) is 0 Å². The number of hydrogen-bond acceptors (Lipinski definition) is 3. The summed E-state index contributed by atoms with van der Waals surface area (Å²) < 4.78 is 5.58. The smallest absolute Gasteiger partial charge is 0.239 e. The zero-order valence-corrected chi connectivity index (χ0v) is 8.61. The molecule has 0 bridgehead atoms. The summed E-state index contributed by atoms with van der Waals surface area (Å²) in [5.41, 5.74) is 5.67. The second-order valence-corrected chi connectivity index (χ2v) is 4.22. The van der Waals surface area contributed by atoms with Crippen LogP contribution < -0.4 is 5.73 Å². The molecule has 2 saturated heterocycles. The maximum absolute atomic E-state index is 11.6. The minimum absolute atomic E-state index is 0.0907. The minimum atomic E-state index is -0.279. The van der Waals surface area contributed by atoms with Gasteiger partial charge < -0.3 is 15.4 Å². The lowest BCUT2D eigenvalue weighted by Crippen LogP contribution is -2.44. The van der Waals surface area contributed by atoms with Crippen molar-refractivity contribution in [3.63, 3.8) is 0 Å². The van der Waals surface area contributed by atoms with Crippen LogP contribution in [0, 0.1) is 0 Å². The first-order valence-electron chi connectivity index (χ1n) is 5.38. The van der Waals surface area contributed by atoms with E-state index in [2.05, 4.69) is 6.92 Å². The predicted octanol–water partition coefficient (Wildman–Crippen LogP) is 0.113. The summed E-state index contributed by atoms with van der Waals surface area (Å²) in [7, 11) is 0. The van der Waals surface area contributed by atoms with Gasteiger partial charge in [0.15, 0.2) is 0 Å². The van der Waals surface area contributed by atoms with Crippen LogP contribution in [0.5, 0.6) is 0 Å². The standard InChI is InChI=1S/C10H18N2O2/c1-7(9-3-2-6-14-9)12-5-4-8(11)10(12)13/h7-9H,2-6,11H2,1H3. The van der Waals surface area contributed by atoms with Gasteiger partial charge in [-0.05, 0) is 26.2 Å². The topological polar surface area (TPSA) is 55.6 Å². The molecule has 0 aliphatic carbocycles. The number of rotatable bonds is 2. The van der Waals surface area contributed by atoms with E-state index in [1.807, 2.05) is 4.90 Å². The third-order valence-corrected chi connectivity index (χ3v) is 3.28. The first kappa shape index (κ1) is 9.93. The molecule has 14 heavy (non-hydrogen) atoms. The molecule has 2 aliphatic rings. The summed E-state index contributed by atoms with van der Waals surface area (Å²) in [4.78, 5) is 13.5. The molecule has 3 atom stereocenters. The molecule has 0 aromatic heterocycles. The predicted molar refractivity (Wildman–Crippen MR) is 52.7 cm³/mol. The SMILES string of the molecule is CC(C1CCCO1)N1CCC(N)C1=O. The van der Waals surface area contributed by atoms with Crippen LogP contribution in [0.2, 0.25) is 0 Å². The highest BCUT2D eigenvalue weighted by molar-refractivity contribution is 5.84. The maximum atomic E-state index is 11.6. The molecule has 0 aromatic rings. The van der Waals surface area contributed by atoms with E-state index in [1.165, 1.54) is 0 Å². The van der Waals surface area contributed by atoms with Gasteiger partial charge in [0, 0.05) is 13.2 Å². The maximum Gasteiger partial charge on any atom is 0.239 e. The number of carbonyl (C=O) groups excluding carboxylic acids is 1. The third-order valence-electron chi connectivity index (χ3n) is 3.28. The number of nitrogens with two attached hydrogens (primary N) is 1. The van der Waals surface area contributed by atoms with Crippen molar-refractivity contribution >= 4 is 5.91 Å². The quantitative estimate of drug-likeness (QED) is 0.685. The van der Waals surface area contributed by atoms with E-state index in [0.717, 1.165) is 32.4 Å². The highest BCUT2D eigenvalue weighted by Gasteiger charge is 2.36. The van der Waals surface area contributed by atoms with E-state index in [4.69, 9.17) is 10.5 Å². The lowest BCUT2D eigenvalue weighted by atomic mass is 10.1. The fraction of sp³-hybridized carbons (Fsp3) is 0.900. The van der Waals surface area contributed by atoms with Crippen molar-refractivity contribution in [3.05, 3.63) is 0 Å². The molecule has 0 radical (unpaired) electrons. The Morgan fingerprint density at radius 3 is 2.86 bits per heavy atom. The average Bonchev–Trinajstić information content (AvgIpc) is 2.77. The van der Waals surface area contributed by atoms with E-state index < -0.39 is 0 Å². The van der Waals surface area contributed by atoms with Gasteiger partial charge in [0.05, 0.1) is 18.2 Å². The number of likely N-dealkylation sites (tertiary alicyclic amines) is 1. The molecule has 0 saturated carbocycles. The Bertz CT molecular complexity index is 226. The molecule has 1 amide bonds. The molecule has 2 heterocycles. The number of nitrogens with zero attached hydrogens (tertiary/aromatic N) is 1. The van der Waals surface area contributed by atoms with Crippen molar-refractivity contribution in [2.45, 2.75) is 44.4 Å². The van der Waals surface area contributed by atoms with E-state index in [-0.39, 0.29) is 24.1 Å². The monoisotopic (exact) mass is 198 g/mol. The van der Waals surface area contributed by atoms with Crippen LogP contribution in [0.15, 0.2) is 0 Å². The van der Waals surface area contributed by atoms with Gasteiger partial charge >= 0.3 is 0 Å². The van der Waals surface area contributed by atoms with Crippen LogP contribution in [0.1, 0.15) is 26.2 Å². The van der Waals surface area contributed by atoms with E-state index in [9.17, 15) is 4.79 Å². The Hall–Kier alpha value is -0.610. The summed E-state index contributed by atoms with van der Waals surface area (Å²) in [6.45, 7) is 3.69. The van der Waals surface area contributed by atoms with E-state index in [1.54, 1.807) is 0 Å². The van der Waals surface area contributed by atoms with Gasteiger partial charge in [-0.15, -0.1) is 0 Å². The molecule has 2 aliphatic heterocycles. The largest absolute Gasteiger partial charge is 0.376 e. The van der Waals surface area contributed by atoms with Crippen molar-refractivity contribution in [2.75, 3.05) is 13.2 Å². The van der Waals surface area contributed by atoms with Gasteiger partial charge in [0.2, 0.25) is 5.91 Å². The second-order valence-electron chi connectivity index (χ2n) is 4.22. The third kappa shape index (κ3) is 1.64. The Kier molecular flexibility index (Phi) is 2.74. The molecule has 4 heteroatoms. The summed E-state index contributed by atoms with van der Waals surface area (Å²) in [6.07, 6.45) is 3.20. The number of amides is 1. The van der Waals surface area contributed by atoms with Crippen molar-refractivity contribution in [3.8, 4) is 0 Å². The molecular weight excluding hydrogens is 180 g/mol. The van der Waals surface area contributed by atoms with Crippen molar-refractivity contribution in [1.82, 2.24) is 4.90 Å². The van der Waals surface area contributed by atoms with Crippen molar-refractivity contribution in [1.29, 1.82) is 0 Å². The molecule has 2 N–H and O–H groups in total.